The summed E-state index contributed by atoms with van der Waals surface area (Å²) in [5, 5.41) is 3.73. The molecule has 0 aromatic heterocycles. The van der Waals surface area contributed by atoms with Gasteiger partial charge in [0.15, 0.2) is 0 Å². The molecule has 1 saturated heterocycles. The van der Waals surface area contributed by atoms with Crippen LogP contribution in [-0.4, -0.2) is 37.1 Å². The van der Waals surface area contributed by atoms with E-state index < -0.39 is 0 Å². The van der Waals surface area contributed by atoms with Crippen LogP contribution < -0.4 is 5.32 Å². The average Bonchev–Trinajstić information content (AvgIpc) is 2.79. The van der Waals surface area contributed by atoms with E-state index in [0.29, 0.717) is 0 Å². The summed E-state index contributed by atoms with van der Waals surface area (Å²) in [7, 11) is 0. The maximum absolute atomic E-state index is 3.73. The Hall–Kier alpha value is -0.0800. The largest absolute Gasteiger partial charge is 0.315 e. The molecule has 2 fully saturated rings. The lowest BCUT2D eigenvalue weighted by molar-refractivity contribution is 0.243. The summed E-state index contributed by atoms with van der Waals surface area (Å²) in [4.78, 5) is 2.63. The molecular formula is C15H30N2. The number of hydrogen-bond acceptors (Lipinski definition) is 2. The van der Waals surface area contributed by atoms with Crippen molar-refractivity contribution in [2.45, 2.75) is 58.4 Å². The van der Waals surface area contributed by atoms with Gasteiger partial charge in [0.05, 0.1) is 0 Å². The zero-order valence-corrected chi connectivity index (χ0v) is 11.8. The quantitative estimate of drug-likeness (QED) is 0.792. The zero-order chi connectivity index (χ0) is 12.1. The summed E-state index contributed by atoms with van der Waals surface area (Å²) < 4.78 is 0. The minimum Gasteiger partial charge on any atom is -0.315 e. The molecule has 2 rings (SSSR count). The highest BCUT2D eigenvalue weighted by atomic mass is 15.2. The molecule has 1 heterocycles. The molecule has 0 amide bonds. The summed E-state index contributed by atoms with van der Waals surface area (Å²) in [6.45, 7) is 9.74. The van der Waals surface area contributed by atoms with E-state index in [-0.39, 0.29) is 0 Å². The molecule has 1 N–H and O–H groups in total. The van der Waals surface area contributed by atoms with Gasteiger partial charge in [-0.2, -0.15) is 0 Å². The van der Waals surface area contributed by atoms with E-state index in [1.807, 2.05) is 0 Å². The molecule has 1 unspecified atom stereocenters. The maximum Gasteiger partial charge on any atom is 0.0220 e. The Balaban J connectivity index is 1.59. The third-order valence-electron chi connectivity index (χ3n) is 4.85. The van der Waals surface area contributed by atoms with E-state index in [1.165, 1.54) is 64.7 Å². The molecule has 1 aliphatic carbocycles. The van der Waals surface area contributed by atoms with Crippen LogP contribution >= 0.6 is 0 Å². The zero-order valence-electron chi connectivity index (χ0n) is 11.8. The van der Waals surface area contributed by atoms with Gasteiger partial charge in [-0.1, -0.05) is 26.7 Å². The topological polar surface area (TPSA) is 15.3 Å². The predicted molar refractivity (Wildman–Crippen MR) is 74.3 cm³/mol. The van der Waals surface area contributed by atoms with Crippen LogP contribution in [0.15, 0.2) is 0 Å². The Morgan fingerprint density at radius 3 is 2.53 bits per heavy atom. The van der Waals surface area contributed by atoms with Gasteiger partial charge < -0.3 is 5.32 Å². The maximum atomic E-state index is 3.73. The molecule has 100 valence electrons. The SMILES string of the molecule is CCN1CCCC1CNCC1CCC(C)CC1. The van der Waals surface area contributed by atoms with Gasteiger partial charge >= 0.3 is 0 Å². The number of hydrogen-bond donors (Lipinski definition) is 1. The standard InChI is InChI=1S/C15H30N2/c1-3-17-10-4-5-15(17)12-16-11-14-8-6-13(2)7-9-14/h13-16H,3-12H2,1-2H3. The van der Waals surface area contributed by atoms with Crippen molar-refractivity contribution in [1.29, 1.82) is 0 Å². The van der Waals surface area contributed by atoms with Gasteiger partial charge in [0, 0.05) is 12.6 Å². The van der Waals surface area contributed by atoms with Crippen molar-refractivity contribution in [1.82, 2.24) is 10.2 Å². The molecule has 0 aromatic carbocycles. The van der Waals surface area contributed by atoms with Crippen LogP contribution in [0, 0.1) is 11.8 Å². The molecule has 0 bridgehead atoms. The summed E-state index contributed by atoms with van der Waals surface area (Å²) in [6.07, 6.45) is 8.63. The minimum atomic E-state index is 0.822. The lowest BCUT2D eigenvalue weighted by Gasteiger charge is -2.28. The van der Waals surface area contributed by atoms with Gasteiger partial charge in [-0.15, -0.1) is 0 Å². The van der Waals surface area contributed by atoms with Crippen molar-refractivity contribution in [2.75, 3.05) is 26.2 Å². The third kappa shape index (κ3) is 3.96. The van der Waals surface area contributed by atoms with Crippen molar-refractivity contribution >= 4 is 0 Å². The van der Waals surface area contributed by atoms with E-state index in [1.54, 1.807) is 0 Å². The molecule has 1 aliphatic heterocycles. The summed E-state index contributed by atoms with van der Waals surface area (Å²) >= 11 is 0. The van der Waals surface area contributed by atoms with Crippen LogP contribution in [0.25, 0.3) is 0 Å². The van der Waals surface area contributed by atoms with E-state index in [2.05, 4.69) is 24.1 Å². The monoisotopic (exact) mass is 238 g/mol. The van der Waals surface area contributed by atoms with Crippen LogP contribution in [-0.2, 0) is 0 Å². The second kappa shape index (κ2) is 6.75. The van der Waals surface area contributed by atoms with Crippen LogP contribution in [0.5, 0.6) is 0 Å². The first kappa shape index (κ1) is 13.4. The second-order valence-corrected chi connectivity index (χ2v) is 6.21. The molecule has 2 heteroatoms. The second-order valence-electron chi connectivity index (χ2n) is 6.21. The first-order chi connectivity index (χ1) is 8.29. The summed E-state index contributed by atoms with van der Waals surface area (Å²) in [5.74, 6) is 1.94. The normalized spacial score (nSPS) is 35.3. The fraction of sp³-hybridized carbons (Fsp3) is 1.00. The van der Waals surface area contributed by atoms with Crippen molar-refractivity contribution < 1.29 is 0 Å². The third-order valence-corrected chi connectivity index (χ3v) is 4.85. The molecule has 2 nitrogen and oxygen atoms in total. The number of nitrogens with zero attached hydrogens (tertiary/aromatic N) is 1. The van der Waals surface area contributed by atoms with Crippen molar-refractivity contribution in [3.8, 4) is 0 Å². The Morgan fingerprint density at radius 1 is 1.06 bits per heavy atom. The van der Waals surface area contributed by atoms with Crippen LogP contribution in [0.1, 0.15) is 52.4 Å². The van der Waals surface area contributed by atoms with Gasteiger partial charge in [-0.05, 0) is 57.2 Å². The van der Waals surface area contributed by atoms with Crippen LogP contribution in [0.2, 0.25) is 0 Å². The minimum absolute atomic E-state index is 0.822. The van der Waals surface area contributed by atoms with Gasteiger partial charge in [0.2, 0.25) is 0 Å². The highest BCUT2D eigenvalue weighted by molar-refractivity contribution is 4.81. The van der Waals surface area contributed by atoms with E-state index in [9.17, 15) is 0 Å². The first-order valence-corrected chi connectivity index (χ1v) is 7.74. The van der Waals surface area contributed by atoms with Gasteiger partial charge in [-0.3, -0.25) is 4.90 Å². The Bertz CT molecular complexity index is 209. The Kier molecular flexibility index (Phi) is 5.30. The van der Waals surface area contributed by atoms with Crippen LogP contribution in [0.3, 0.4) is 0 Å². The fourth-order valence-corrected chi connectivity index (χ4v) is 3.53. The molecule has 2 aliphatic rings. The van der Waals surface area contributed by atoms with Crippen molar-refractivity contribution in [3.63, 3.8) is 0 Å². The molecule has 0 aromatic rings. The molecule has 0 spiro atoms. The van der Waals surface area contributed by atoms with E-state index >= 15 is 0 Å². The lowest BCUT2D eigenvalue weighted by atomic mass is 9.83. The molecule has 17 heavy (non-hydrogen) atoms. The molecule has 1 atom stereocenters. The summed E-state index contributed by atoms with van der Waals surface area (Å²) in [6, 6.07) is 0.822. The van der Waals surface area contributed by atoms with Gasteiger partial charge in [0.1, 0.15) is 0 Å². The molecular weight excluding hydrogens is 208 g/mol. The highest BCUT2D eigenvalue weighted by Crippen LogP contribution is 2.27. The van der Waals surface area contributed by atoms with E-state index in [4.69, 9.17) is 0 Å². The molecule has 0 radical (unpaired) electrons. The van der Waals surface area contributed by atoms with E-state index in [0.717, 1.165) is 17.9 Å². The fourth-order valence-electron chi connectivity index (χ4n) is 3.53. The average molecular weight is 238 g/mol. The highest BCUT2D eigenvalue weighted by Gasteiger charge is 2.23. The number of rotatable bonds is 5. The predicted octanol–water partition coefficient (Wildman–Crippen LogP) is 2.89. The Labute approximate surface area is 107 Å². The first-order valence-electron chi connectivity index (χ1n) is 7.74. The summed E-state index contributed by atoms with van der Waals surface area (Å²) in [5.41, 5.74) is 0. The number of likely N-dealkylation sites (tertiary alicyclic amines) is 1. The lowest BCUT2D eigenvalue weighted by Crippen LogP contribution is -2.39. The van der Waals surface area contributed by atoms with Gasteiger partial charge in [-0.25, -0.2) is 0 Å². The van der Waals surface area contributed by atoms with Gasteiger partial charge in [0.25, 0.3) is 0 Å². The molecule has 1 saturated carbocycles. The smallest absolute Gasteiger partial charge is 0.0220 e. The number of likely N-dealkylation sites (N-methyl/N-ethyl adjacent to an activating group) is 1. The van der Waals surface area contributed by atoms with Crippen LogP contribution in [0.4, 0.5) is 0 Å². The Morgan fingerprint density at radius 2 is 1.82 bits per heavy atom. The number of nitrogens with one attached hydrogen (secondary N) is 1. The van der Waals surface area contributed by atoms with Crippen molar-refractivity contribution in [3.05, 3.63) is 0 Å². The van der Waals surface area contributed by atoms with Crippen molar-refractivity contribution in [2.24, 2.45) is 11.8 Å².